The highest BCUT2D eigenvalue weighted by Crippen LogP contribution is 2.31. The summed E-state index contributed by atoms with van der Waals surface area (Å²) in [6, 6.07) is 6.97. The van der Waals surface area contributed by atoms with Crippen molar-refractivity contribution in [2.24, 2.45) is 0 Å². The van der Waals surface area contributed by atoms with Crippen molar-refractivity contribution >= 4 is 15.9 Å². The van der Waals surface area contributed by atoms with E-state index in [1.807, 2.05) is 26.0 Å². The van der Waals surface area contributed by atoms with Gasteiger partial charge in [0.15, 0.2) is 0 Å². The Morgan fingerprint density at radius 2 is 2.00 bits per heavy atom. The van der Waals surface area contributed by atoms with Gasteiger partial charge in [-0.2, -0.15) is 0 Å². The van der Waals surface area contributed by atoms with Crippen molar-refractivity contribution in [2.45, 2.75) is 13.8 Å². The Balaban J connectivity index is 2.34. The van der Waals surface area contributed by atoms with Crippen LogP contribution < -0.4 is 4.74 Å². The number of pyridine rings is 1. The van der Waals surface area contributed by atoms with Gasteiger partial charge in [0.25, 0.3) is 0 Å². The number of hydrogen-bond acceptors (Lipinski definition) is 3. The monoisotopic (exact) mass is 293 g/mol. The Labute approximate surface area is 108 Å². The second-order valence-electron chi connectivity index (χ2n) is 3.85. The molecule has 3 nitrogen and oxygen atoms in total. The van der Waals surface area contributed by atoms with Crippen molar-refractivity contribution in [1.82, 2.24) is 4.98 Å². The molecule has 0 aliphatic heterocycles. The van der Waals surface area contributed by atoms with E-state index < -0.39 is 0 Å². The smallest absolute Gasteiger partial charge is 0.233 e. The minimum absolute atomic E-state index is 0.184. The molecule has 17 heavy (non-hydrogen) atoms. The van der Waals surface area contributed by atoms with Gasteiger partial charge in [-0.3, -0.25) is 0 Å². The van der Waals surface area contributed by atoms with Gasteiger partial charge < -0.3 is 9.84 Å². The first-order chi connectivity index (χ1) is 8.06. The molecule has 2 rings (SSSR count). The largest absolute Gasteiger partial charge is 0.508 e. The lowest BCUT2D eigenvalue weighted by Crippen LogP contribution is -1.91. The van der Waals surface area contributed by atoms with Gasteiger partial charge in [-0.15, -0.1) is 0 Å². The molecular formula is C13H12BrNO2. The summed E-state index contributed by atoms with van der Waals surface area (Å²) in [5.41, 5.74) is 1.98. The van der Waals surface area contributed by atoms with Crippen molar-refractivity contribution in [3.63, 3.8) is 0 Å². The number of halogens is 1. The lowest BCUT2D eigenvalue weighted by Gasteiger charge is -2.09. The highest BCUT2D eigenvalue weighted by Gasteiger charge is 2.07. The second-order valence-corrected chi connectivity index (χ2v) is 4.65. The van der Waals surface area contributed by atoms with Crippen molar-refractivity contribution in [3.8, 4) is 17.4 Å². The molecule has 1 aromatic heterocycles. The fourth-order valence-electron chi connectivity index (χ4n) is 1.49. The lowest BCUT2D eigenvalue weighted by molar-refractivity contribution is 0.442. The van der Waals surface area contributed by atoms with E-state index in [9.17, 15) is 5.11 Å². The van der Waals surface area contributed by atoms with Crippen molar-refractivity contribution in [2.75, 3.05) is 0 Å². The van der Waals surface area contributed by atoms with Gasteiger partial charge in [0.2, 0.25) is 5.88 Å². The Bertz CT molecular complexity index is 535. The molecule has 0 unspecified atom stereocenters. The number of aryl methyl sites for hydroxylation is 2. The summed E-state index contributed by atoms with van der Waals surface area (Å²) in [6.45, 7) is 3.86. The van der Waals surface area contributed by atoms with Crippen molar-refractivity contribution < 1.29 is 9.84 Å². The molecule has 0 aliphatic carbocycles. The number of hydrogen-bond donors (Lipinski definition) is 1. The fourth-order valence-corrected chi connectivity index (χ4v) is 1.80. The number of phenolic OH excluding ortho intramolecular Hbond substituents is 1. The molecule has 0 spiro atoms. The van der Waals surface area contributed by atoms with Crippen LogP contribution in [0.25, 0.3) is 0 Å². The van der Waals surface area contributed by atoms with E-state index in [4.69, 9.17) is 4.74 Å². The van der Waals surface area contributed by atoms with Gasteiger partial charge >= 0.3 is 0 Å². The van der Waals surface area contributed by atoms with Gasteiger partial charge in [-0.25, -0.2) is 4.98 Å². The quantitative estimate of drug-likeness (QED) is 0.911. The fraction of sp³-hybridized carbons (Fsp3) is 0.154. The topological polar surface area (TPSA) is 42.4 Å². The first-order valence-corrected chi connectivity index (χ1v) is 5.95. The maximum absolute atomic E-state index is 9.48. The molecule has 0 aliphatic rings. The van der Waals surface area contributed by atoms with Crippen LogP contribution in [0.1, 0.15) is 11.1 Å². The van der Waals surface area contributed by atoms with Crippen LogP contribution in [0, 0.1) is 13.8 Å². The summed E-state index contributed by atoms with van der Waals surface area (Å²) < 4.78 is 6.45. The van der Waals surface area contributed by atoms with Crippen LogP contribution in [0.2, 0.25) is 0 Å². The van der Waals surface area contributed by atoms with Crippen molar-refractivity contribution in [3.05, 3.63) is 46.1 Å². The number of aromatic hydroxyl groups is 1. The average molecular weight is 294 g/mol. The van der Waals surface area contributed by atoms with Crippen LogP contribution in [0.15, 0.2) is 34.9 Å². The molecule has 0 radical (unpaired) electrons. The standard InChI is InChI=1S/C13H12BrNO2/c1-8-5-10(16)7-11(6-8)17-13-12(14)9(2)3-4-15-13/h3-7,16H,1-2H3. The first kappa shape index (κ1) is 11.9. The zero-order valence-corrected chi connectivity index (χ0v) is 11.2. The second kappa shape index (κ2) is 4.75. The summed E-state index contributed by atoms with van der Waals surface area (Å²) in [4.78, 5) is 4.14. The molecule has 0 bridgehead atoms. The summed E-state index contributed by atoms with van der Waals surface area (Å²) >= 11 is 3.42. The van der Waals surface area contributed by atoms with E-state index >= 15 is 0 Å². The van der Waals surface area contributed by atoms with Crippen LogP contribution >= 0.6 is 15.9 Å². The van der Waals surface area contributed by atoms with Crippen LogP contribution in [0.5, 0.6) is 17.4 Å². The summed E-state index contributed by atoms with van der Waals surface area (Å²) in [5.74, 6) is 1.25. The third kappa shape index (κ3) is 2.77. The molecule has 0 saturated carbocycles. The number of phenols is 1. The normalized spacial score (nSPS) is 10.3. The van der Waals surface area contributed by atoms with Crippen LogP contribution in [-0.2, 0) is 0 Å². The Morgan fingerprint density at radius 3 is 2.71 bits per heavy atom. The van der Waals surface area contributed by atoms with Gasteiger partial charge in [-0.05, 0) is 59.1 Å². The van der Waals surface area contributed by atoms with E-state index in [0.29, 0.717) is 11.6 Å². The Morgan fingerprint density at radius 1 is 1.24 bits per heavy atom. The van der Waals surface area contributed by atoms with Crippen molar-refractivity contribution in [1.29, 1.82) is 0 Å². The molecule has 0 saturated heterocycles. The predicted octanol–water partition coefficient (Wildman–Crippen LogP) is 3.96. The molecule has 1 N–H and O–H groups in total. The molecule has 2 aromatic rings. The zero-order valence-electron chi connectivity index (χ0n) is 9.57. The van der Waals surface area contributed by atoms with Gasteiger partial charge in [-0.1, -0.05) is 0 Å². The summed E-state index contributed by atoms with van der Waals surface area (Å²) in [6.07, 6.45) is 1.69. The lowest BCUT2D eigenvalue weighted by atomic mass is 10.2. The number of benzene rings is 1. The third-order valence-corrected chi connectivity index (χ3v) is 3.27. The van der Waals surface area contributed by atoms with E-state index in [0.717, 1.165) is 15.6 Å². The number of nitrogens with zero attached hydrogens (tertiary/aromatic N) is 1. The molecule has 4 heteroatoms. The molecule has 0 atom stereocenters. The highest BCUT2D eigenvalue weighted by molar-refractivity contribution is 9.10. The Hall–Kier alpha value is -1.55. The Kier molecular flexibility index (Phi) is 3.33. The maximum Gasteiger partial charge on any atom is 0.233 e. The summed E-state index contributed by atoms with van der Waals surface area (Å²) in [5, 5.41) is 9.48. The SMILES string of the molecule is Cc1cc(O)cc(Oc2nccc(C)c2Br)c1. The van der Waals surface area contributed by atoms with Crippen LogP contribution in [0.3, 0.4) is 0 Å². The molecular weight excluding hydrogens is 282 g/mol. The number of rotatable bonds is 2. The maximum atomic E-state index is 9.48. The van der Waals surface area contributed by atoms with Gasteiger partial charge in [0.05, 0.1) is 4.47 Å². The predicted molar refractivity (Wildman–Crippen MR) is 69.6 cm³/mol. The van der Waals surface area contributed by atoms with E-state index in [1.54, 1.807) is 18.3 Å². The highest BCUT2D eigenvalue weighted by atomic mass is 79.9. The molecule has 0 fully saturated rings. The first-order valence-electron chi connectivity index (χ1n) is 5.16. The number of ether oxygens (including phenoxy) is 1. The molecule has 88 valence electrons. The van der Waals surface area contributed by atoms with Gasteiger partial charge in [0, 0.05) is 12.3 Å². The zero-order chi connectivity index (χ0) is 12.4. The minimum atomic E-state index is 0.184. The van der Waals surface area contributed by atoms with Crippen LogP contribution in [0.4, 0.5) is 0 Å². The average Bonchev–Trinajstić information content (AvgIpc) is 2.23. The summed E-state index contributed by atoms with van der Waals surface area (Å²) in [7, 11) is 0. The third-order valence-electron chi connectivity index (χ3n) is 2.30. The minimum Gasteiger partial charge on any atom is -0.508 e. The molecule has 1 aromatic carbocycles. The van der Waals surface area contributed by atoms with Gasteiger partial charge in [0.1, 0.15) is 11.5 Å². The molecule has 1 heterocycles. The molecule has 0 amide bonds. The van der Waals surface area contributed by atoms with E-state index in [2.05, 4.69) is 20.9 Å². The number of aromatic nitrogens is 1. The van der Waals surface area contributed by atoms with Crippen LogP contribution in [-0.4, -0.2) is 10.1 Å². The van der Waals surface area contributed by atoms with E-state index in [1.165, 1.54) is 0 Å². The van der Waals surface area contributed by atoms with E-state index in [-0.39, 0.29) is 5.75 Å².